The Morgan fingerprint density at radius 1 is 0.889 bits per heavy atom. The Bertz CT molecular complexity index is 350. The Hall–Kier alpha value is -1.79. The molecule has 103 valence electrons. The second kappa shape index (κ2) is 5.70. The number of hydrogen-bond acceptors (Lipinski definition) is 4. The van der Waals surface area contributed by atoms with Crippen molar-refractivity contribution in [1.29, 1.82) is 0 Å². The largest absolute Gasteiger partial charge is 0.442 e. The van der Waals surface area contributed by atoms with Crippen LogP contribution in [0.4, 0.5) is 9.59 Å². The number of aliphatic imine (C=N–C) groups is 1. The molecule has 18 heavy (non-hydrogen) atoms. The molecule has 2 N–H and O–H groups in total. The fourth-order valence-corrected chi connectivity index (χ4v) is 0.782. The summed E-state index contributed by atoms with van der Waals surface area (Å²) in [6.45, 7) is 10.1. The Balaban J connectivity index is 4.36. The first-order valence-electron chi connectivity index (χ1n) is 5.41. The van der Waals surface area contributed by atoms with E-state index in [1.54, 1.807) is 41.5 Å². The topological polar surface area (TPSA) is 105 Å². The summed E-state index contributed by atoms with van der Waals surface area (Å²) in [5.41, 5.74) is 3.92. The maximum Gasteiger partial charge on any atom is 0.437 e. The molecular formula is C11H20N3O4. The summed E-state index contributed by atoms with van der Waals surface area (Å²) in [5, 5.41) is 3.30. The quantitative estimate of drug-likeness (QED) is 0.526. The molecule has 0 heterocycles. The van der Waals surface area contributed by atoms with Crippen LogP contribution in [-0.2, 0) is 9.47 Å². The molecule has 7 heteroatoms. The van der Waals surface area contributed by atoms with Gasteiger partial charge >= 0.3 is 12.2 Å². The van der Waals surface area contributed by atoms with E-state index >= 15 is 0 Å². The number of rotatable bonds is 0. The Morgan fingerprint density at radius 2 is 1.28 bits per heavy atom. The molecule has 0 saturated heterocycles. The fourth-order valence-electron chi connectivity index (χ4n) is 0.782. The van der Waals surface area contributed by atoms with Gasteiger partial charge in [-0.25, -0.2) is 9.59 Å². The number of amides is 2. The minimum absolute atomic E-state index is 0.501. The highest BCUT2D eigenvalue weighted by Gasteiger charge is 2.20. The number of ether oxygens (including phenoxy) is 2. The highest BCUT2D eigenvalue weighted by atomic mass is 16.6. The van der Waals surface area contributed by atoms with E-state index < -0.39 is 29.3 Å². The molecule has 0 unspecified atom stereocenters. The number of hydrogen-bond donors (Lipinski definition) is 1. The number of guanidine groups is 1. The van der Waals surface area contributed by atoms with Gasteiger partial charge in [0, 0.05) is 0 Å². The van der Waals surface area contributed by atoms with E-state index in [1.165, 1.54) is 0 Å². The van der Waals surface area contributed by atoms with Gasteiger partial charge in [-0.1, -0.05) is 0 Å². The lowest BCUT2D eigenvalue weighted by Crippen LogP contribution is -2.36. The van der Waals surface area contributed by atoms with Crippen LogP contribution in [0.1, 0.15) is 41.5 Å². The van der Waals surface area contributed by atoms with E-state index in [9.17, 15) is 9.59 Å². The smallest absolute Gasteiger partial charge is 0.437 e. The third kappa shape index (κ3) is 9.44. The van der Waals surface area contributed by atoms with Crippen LogP contribution in [-0.4, -0.2) is 29.3 Å². The number of carbonyl (C=O) groups is 2. The zero-order valence-corrected chi connectivity index (χ0v) is 11.6. The molecule has 2 amide bonds. The third-order valence-corrected chi connectivity index (χ3v) is 1.20. The summed E-state index contributed by atoms with van der Waals surface area (Å²) in [5.74, 6) is -0.501. The number of carbonyl (C=O) groups excluding carboxylic acids is 2. The maximum atomic E-state index is 11.2. The maximum absolute atomic E-state index is 11.2. The molecule has 0 aromatic carbocycles. The lowest BCUT2D eigenvalue weighted by molar-refractivity contribution is 0.0556. The molecule has 0 bridgehead atoms. The summed E-state index contributed by atoms with van der Waals surface area (Å²) in [4.78, 5) is 25.8. The predicted molar refractivity (Wildman–Crippen MR) is 66.2 cm³/mol. The first kappa shape index (κ1) is 16.2. The first-order valence-corrected chi connectivity index (χ1v) is 5.41. The van der Waals surface area contributed by atoms with E-state index in [2.05, 4.69) is 10.3 Å². The van der Waals surface area contributed by atoms with Crippen LogP contribution >= 0.6 is 0 Å². The van der Waals surface area contributed by atoms with Gasteiger partial charge in [0.25, 0.3) is 0 Å². The van der Waals surface area contributed by atoms with E-state index in [4.69, 9.17) is 15.2 Å². The molecule has 0 aliphatic heterocycles. The van der Waals surface area contributed by atoms with Gasteiger partial charge in [0.05, 0.1) is 0 Å². The Labute approximate surface area is 107 Å². The van der Waals surface area contributed by atoms with Crippen molar-refractivity contribution in [2.75, 3.05) is 0 Å². The van der Waals surface area contributed by atoms with Crippen LogP contribution in [0.25, 0.3) is 0 Å². The molecule has 0 rings (SSSR count). The number of nitrogens with two attached hydrogens (primary N) is 1. The SMILES string of the molecule is CC(C)(C)OC(=O)[N]/C(N)=N/C(=O)OC(C)(C)C. The highest BCUT2D eigenvalue weighted by Crippen LogP contribution is 2.08. The van der Waals surface area contributed by atoms with E-state index in [-0.39, 0.29) is 0 Å². The monoisotopic (exact) mass is 258 g/mol. The van der Waals surface area contributed by atoms with Gasteiger partial charge in [-0.05, 0) is 41.5 Å². The summed E-state index contributed by atoms with van der Waals surface area (Å²) in [6, 6.07) is 0. The van der Waals surface area contributed by atoms with Gasteiger partial charge in [-0.2, -0.15) is 0 Å². The van der Waals surface area contributed by atoms with E-state index in [1.807, 2.05) is 0 Å². The van der Waals surface area contributed by atoms with Crippen molar-refractivity contribution >= 4 is 18.1 Å². The lowest BCUT2D eigenvalue weighted by Gasteiger charge is -2.18. The van der Waals surface area contributed by atoms with Crippen LogP contribution in [0.5, 0.6) is 0 Å². The van der Waals surface area contributed by atoms with Gasteiger partial charge in [0.15, 0.2) is 0 Å². The predicted octanol–water partition coefficient (Wildman–Crippen LogP) is 1.78. The molecule has 0 aliphatic carbocycles. The normalized spacial score (nSPS) is 12.9. The average molecular weight is 258 g/mol. The van der Waals surface area contributed by atoms with Crippen molar-refractivity contribution in [3.63, 3.8) is 0 Å². The summed E-state index contributed by atoms with van der Waals surface area (Å²) in [7, 11) is 0. The molecular weight excluding hydrogens is 238 g/mol. The van der Waals surface area contributed by atoms with Crippen molar-refractivity contribution < 1.29 is 19.1 Å². The fraction of sp³-hybridized carbons (Fsp3) is 0.727. The van der Waals surface area contributed by atoms with E-state index in [0.717, 1.165) is 0 Å². The van der Waals surface area contributed by atoms with E-state index in [0.29, 0.717) is 0 Å². The van der Waals surface area contributed by atoms with Crippen LogP contribution in [0, 0.1) is 0 Å². The summed E-state index contributed by atoms with van der Waals surface area (Å²) in [6.07, 6.45) is -1.82. The summed E-state index contributed by atoms with van der Waals surface area (Å²) < 4.78 is 9.74. The van der Waals surface area contributed by atoms with Gasteiger partial charge in [0.1, 0.15) is 11.2 Å². The Morgan fingerprint density at radius 3 is 1.67 bits per heavy atom. The van der Waals surface area contributed by atoms with Crippen molar-refractivity contribution in [2.24, 2.45) is 10.7 Å². The van der Waals surface area contributed by atoms with Gasteiger partial charge < -0.3 is 15.2 Å². The standard InChI is InChI=1S/C11H20N3O4/c1-10(2,3)17-8(15)13-7(12)14-9(16)18-11(4,5)6/h1-6H3,(H2,12,13,15). The van der Waals surface area contributed by atoms with Crippen molar-refractivity contribution in [3.05, 3.63) is 0 Å². The van der Waals surface area contributed by atoms with Gasteiger partial charge in [-0.15, -0.1) is 10.3 Å². The molecule has 0 fully saturated rings. The molecule has 0 saturated carbocycles. The van der Waals surface area contributed by atoms with Gasteiger partial charge in [-0.3, -0.25) is 0 Å². The average Bonchev–Trinajstić information content (AvgIpc) is 1.92. The van der Waals surface area contributed by atoms with Crippen LogP contribution in [0.2, 0.25) is 0 Å². The zero-order chi connectivity index (χ0) is 14.6. The molecule has 7 nitrogen and oxygen atoms in total. The molecule has 1 radical (unpaired) electrons. The van der Waals surface area contributed by atoms with Crippen molar-refractivity contribution in [1.82, 2.24) is 5.32 Å². The lowest BCUT2D eigenvalue weighted by atomic mass is 10.2. The molecule has 0 spiro atoms. The van der Waals surface area contributed by atoms with Crippen molar-refractivity contribution in [2.45, 2.75) is 52.7 Å². The molecule has 0 aromatic rings. The Kier molecular flexibility index (Phi) is 5.13. The van der Waals surface area contributed by atoms with Gasteiger partial charge in [0.2, 0.25) is 5.96 Å². The number of nitrogens with zero attached hydrogens (tertiary/aromatic N) is 2. The molecule has 0 aromatic heterocycles. The van der Waals surface area contributed by atoms with Crippen LogP contribution in [0.3, 0.4) is 0 Å². The van der Waals surface area contributed by atoms with Crippen LogP contribution in [0.15, 0.2) is 4.99 Å². The molecule has 0 aliphatic rings. The van der Waals surface area contributed by atoms with Crippen molar-refractivity contribution in [3.8, 4) is 0 Å². The second-order valence-electron chi connectivity index (χ2n) is 5.54. The summed E-state index contributed by atoms with van der Waals surface area (Å²) >= 11 is 0. The first-order chi connectivity index (χ1) is 7.89. The van der Waals surface area contributed by atoms with Crippen LogP contribution < -0.4 is 11.1 Å². The second-order valence-corrected chi connectivity index (χ2v) is 5.54. The molecule has 0 atom stereocenters. The third-order valence-electron chi connectivity index (χ3n) is 1.20. The minimum atomic E-state index is -0.910. The zero-order valence-electron chi connectivity index (χ0n) is 11.6. The highest BCUT2D eigenvalue weighted by molar-refractivity contribution is 5.97. The minimum Gasteiger partial charge on any atom is -0.442 e.